The molecule has 3 heteroatoms. The van der Waals surface area contributed by atoms with E-state index in [4.69, 9.17) is 4.74 Å². The molecule has 0 aromatic heterocycles. The molecule has 1 rings (SSSR count). The summed E-state index contributed by atoms with van der Waals surface area (Å²) in [6, 6.07) is 0. The molecule has 0 spiro atoms. The Morgan fingerprint density at radius 2 is 2.58 bits per heavy atom. The zero-order chi connectivity index (χ0) is 8.65. The second kappa shape index (κ2) is 5.70. The van der Waals surface area contributed by atoms with Crippen molar-refractivity contribution in [2.75, 3.05) is 13.2 Å². The fourth-order valence-electron chi connectivity index (χ4n) is 1.33. The van der Waals surface area contributed by atoms with Gasteiger partial charge in [-0.15, -0.1) is 0 Å². The third-order valence-corrected chi connectivity index (χ3v) is 1.96. The maximum Gasteiger partial charge on any atom is 0.239 e. The lowest BCUT2D eigenvalue weighted by Crippen LogP contribution is -2.16. The van der Waals surface area contributed by atoms with Crippen LogP contribution in [0.5, 0.6) is 0 Å². The summed E-state index contributed by atoms with van der Waals surface area (Å²) in [4.78, 5) is 13.0. The second-order valence-electron chi connectivity index (χ2n) is 2.92. The van der Waals surface area contributed by atoms with Gasteiger partial charge in [0.2, 0.25) is 6.08 Å². The quantitative estimate of drug-likeness (QED) is 0.473. The Morgan fingerprint density at radius 3 is 3.25 bits per heavy atom. The Hall–Kier alpha value is -0.920. The van der Waals surface area contributed by atoms with Crippen molar-refractivity contribution in [2.24, 2.45) is 10.9 Å². The van der Waals surface area contributed by atoms with E-state index in [0.29, 0.717) is 5.92 Å². The highest BCUT2D eigenvalue weighted by molar-refractivity contribution is 5.34. The van der Waals surface area contributed by atoms with Crippen molar-refractivity contribution >= 4 is 6.08 Å². The summed E-state index contributed by atoms with van der Waals surface area (Å²) in [5.41, 5.74) is 0. The Morgan fingerprint density at radius 1 is 1.67 bits per heavy atom. The van der Waals surface area contributed by atoms with Gasteiger partial charge in [-0.2, -0.15) is 4.99 Å². The van der Waals surface area contributed by atoms with Gasteiger partial charge in [0.25, 0.3) is 0 Å². The van der Waals surface area contributed by atoms with Gasteiger partial charge >= 0.3 is 0 Å². The van der Waals surface area contributed by atoms with Crippen LogP contribution in [0.2, 0.25) is 0 Å². The van der Waals surface area contributed by atoms with Crippen molar-refractivity contribution in [2.45, 2.75) is 19.3 Å². The van der Waals surface area contributed by atoms with Crippen molar-refractivity contribution in [1.29, 1.82) is 0 Å². The minimum atomic E-state index is 0.608. The lowest BCUT2D eigenvalue weighted by molar-refractivity contribution is 0.0560. The smallest absolute Gasteiger partial charge is 0.239 e. The molecule has 66 valence electrons. The van der Waals surface area contributed by atoms with Gasteiger partial charge < -0.3 is 4.74 Å². The summed E-state index contributed by atoms with van der Waals surface area (Å²) in [7, 11) is 0. The second-order valence-corrected chi connectivity index (χ2v) is 2.92. The van der Waals surface area contributed by atoms with E-state index in [1.807, 2.05) is 6.08 Å². The highest BCUT2D eigenvalue weighted by Crippen LogP contribution is 2.17. The van der Waals surface area contributed by atoms with E-state index in [1.54, 1.807) is 0 Å². The van der Waals surface area contributed by atoms with E-state index in [0.717, 1.165) is 26.1 Å². The van der Waals surface area contributed by atoms with Crippen LogP contribution in [0.1, 0.15) is 19.3 Å². The average Bonchev–Trinajstić information content (AvgIpc) is 2.14. The van der Waals surface area contributed by atoms with Gasteiger partial charge in [0.1, 0.15) is 0 Å². The molecule has 0 aromatic rings. The first-order chi connectivity index (χ1) is 5.93. The third-order valence-electron chi connectivity index (χ3n) is 1.96. The van der Waals surface area contributed by atoms with Gasteiger partial charge in [-0.1, -0.05) is 6.08 Å². The van der Waals surface area contributed by atoms with Crippen molar-refractivity contribution in [3.63, 3.8) is 0 Å². The molecule has 12 heavy (non-hydrogen) atoms. The van der Waals surface area contributed by atoms with Gasteiger partial charge in [0, 0.05) is 19.4 Å². The fourth-order valence-corrected chi connectivity index (χ4v) is 1.33. The molecule has 0 bridgehead atoms. The predicted molar refractivity (Wildman–Crippen MR) is 45.4 cm³/mol. The highest BCUT2D eigenvalue weighted by Gasteiger charge is 2.11. The molecule has 1 saturated heterocycles. The standard InChI is InChI=1S/C9H13NO2/c11-8-10-5-1-3-9-4-2-6-12-7-9/h1,5,9H,2-4,6-7H2/b5-1-. The van der Waals surface area contributed by atoms with E-state index >= 15 is 0 Å². The number of allylic oxidation sites excluding steroid dienone is 1. The maximum atomic E-state index is 9.69. The Balaban J connectivity index is 2.16. The first-order valence-corrected chi connectivity index (χ1v) is 4.23. The normalized spacial score (nSPS) is 23.8. The highest BCUT2D eigenvalue weighted by atomic mass is 16.5. The summed E-state index contributed by atoms with van der Waals surface area (Å²) >= 11 is 0. The Labute approximate surface area is 72.1 Å². The van der Waals surface area contributed by atoms with Gasteiger partial charge in [-0.05, 0) is 25.2 Å². The molecule has 1 aliphatic heterocycles. The lowest BCUT2D eigenvalue weighted by Gasteiger charge is -2.20. The van der Waals surface area contributed by atoms with Gasteiger partial charge in [0.15, 0.2) is 0 Å². The van der Waals surface area contributed by atoms with Crippen molar-refractivity contribution in [1.82, 2.24) is 0 Å². The summed E-state index contributed by atoms with van der Waals surface area (Å²) < 4.78 is 5.30. The summed E-state index contributed by atoms with van der Waals surface area (Å²) in [5.74, 6) is 0.608. The fraction of sp³-hybridized carbons (Fsp3) is 0.667. The van der Waals surface area contributed by atoms with E-state index < -0.39 is 0 Å². The van der Waals surface area contributed by atoms with E-state index in [9.17, 15) is 4.79 Å². The van der Waals surface area contributed by atoms with Crippen LogP contribution in [0.25, 0.3) is 0 Å². The molecule has 1 heterocycles. The lowest BCUT2D eigenvalue weighted by atomic mass is 9.99. The third kappa shape index (κ3) is 3.46. The largest absolute Gasteiger partial charge is 0.381 e. The average molecular weight is 167 g/mol. The monoisotopic (exact) mass is 167 g/mol. The molecular formula is C9H13NO2. The van der Waals surface area contributed by atoms with E-state index in [-0.39, 0.29) is 0 Å². The first kappa shape index (κ1) is 9.17. The summed E-state index contributed by atoms with van der Waals surface area (Å²) in [5, 5.41) is 0. The Bertz CT molecular complexity index is 189. The molecule has 0 aliphatic carbocycles. The van der Waals surface area contributed by atoms with Crippen LogP contribution < -0.4 is 0 Å². The first-order valence-electron chi connectivity index (χ1n) is 4.23. The Kier molecular flexibility index (Phi) is 4.35. The van der Waals surface area contributed by atoms with Gasteiger partial charge in [-0.25, -0.2) is 4.79 Å². The van der Waals surface area contributed by atoms with Crippen LogP contribution in [0, 0.1) is 5.92 Å². The van der Waals surface area contributed by atoms with Gasteiger partial charge in [-0.3, -0.25) is 0 Å². The number of hydrogen-bond donors (Lipinski definition) is 0. The molecule has 0 amide bonds. The van der Waals surface area contributed by atoms with Crippen LogP contribution >= 0.6 is 0 Å². The van der Waals surface area contributed by atoms with E-state index in [1.165, 1.54) is 18.7 Å². The van der Waals surface area contributed by atoms with Crippen LogP contribution in [0.15, 0.2) is 17.3 Å². The predicted octanol–water partition coefficient (Wildman–Crippen LogP) is 1.65. The summed E-state index contributed by atoms with van der Waals surface area (Å²) in [6.45, 7) is 1.74. The zero-order valence-corrected chi connectivity index (χ0v) is 7.03. The minimum absolute atomic E-state index is 0.608. The minimum Gasteiger partial charge on any atom is -0.381 e. The zero-order valence-electron chi connectivity index (χ0n) is 7.03. The molecule has 1 unspecified atom stereocenters. The molecule has 1 fully saturated rings. The molecule has 0 radical (unpaired) electrons. The van der Waals surface area contributed by atoms with Crippen LogP contribution in [0.4, 0.5) is 0 Å². The number of hydrogen-bond acceptors (Lipinski definition) is 3. The molecular weight excluding hydrogens is 154 g/mol. The maximum absolute atomic E-state index is 9.69. The number of rotatable bonds is 3. The summed E-state index contributed by atoms with van der Waals surface area (Å²) in [6.07, 6.45) is 8.17. The van der Waals surface area contributed by atoms with Crippen LogP contribution in [-0.4, -0.2) is 19.3 Å². The van der Waals surface area contributed by atoms with Crippen molar-refractivity contribution in [3.05, 3.63) is 12.3 Å². The van der Waals surface area contributed by atoms with Crippen LogP contribution in [-0.2, 0) is 9.53 Å². The SMILES string of the molecule is O=C=N/C=C\CC1CCCOC1. The van der Waals surface area contributed by atoms with E-state index in [2.05, 4.69) is 4.99 Å². The topological polar surface area (TPSA) is 38.7 Å². The molecule has 0 saturated carbocycles. The number of aliphatic imine (C=N–C) groups is 1. The number of isocyanates is 1. The number of ether oxygens (including phenoxy) is 1. The molecule has 0 N–H and O–H groups in total. The molecule has 1 atom stereocenters. The van der Waals surface area contributed by atoms with Crippen molar-refractivity contribution < 1.29 is 9.53 Å². The molecule has 0 aromatic carbocycles. The molecule has 1 aliphatic rings. The van der Waals surface area contributed by atoms with Gasteiger partial charge in [0.05, 0.1) is 0 Å². The molecule has 3 nitrogen and oxygen atoms in total. The number of nitrogens with zero attached hydrogens (tertiary/aromatic N) is 1. The number of carbonyl (C=O) groups excluding carboxylic acids is 1. The van der Waals surface area contributed by atoms with Crippen molar-refractivity contribution in [3.8, 4) is 0 Å². The van der Waals surface area contributed by atoms with Crippen LogP contribution in [0.3, 0.4) is 0 Å².